The predicted octanol–water partition coefficient (Wildman–Crippen LogP) is 3.93. The molecule has 0 bridgehead atoms. The van der Waals surface area contributed by atoms with Crippen LogP contribution in [0.25, 0.3) is 0 Å². The minimum Gasteiger partial charge on any atom is -0.312 e. The smallest absolute Gasteiger partial charge is 0.141 e. The van der Waals surface area contributed by atoms with Gasteiger partial charge in [0.15, 0.2) is 0 Å². The maximum Gasteiger partial charge on any atom is 0.141 e. The summed E-state index contributed by atoms with van der Waals surface area (Å²) in [7, 11) is 1.86. The van der Waals surface area contributed by atoms with E-state index in [0.29, 0.717) is 0 Å². The van der Waals surface area contributed by atoms with Crippen molar-refractivity contribution in [2.75, 3.05) is 12.8 Å². The van der Waals surface area contributed by atoms with Crippen molar-refractivity contribution in [3.63, 3.8) is 0 Å². The van der Waals surface area contributed by atoms with Gasteiger partial charge in [-0.25, -0.2) is 4.39 Å². The zero-order chi connectivity index (χ0) is 13.7. The van der Waals surface area contributed by atoms with Gasteiger partial charge in [0.05, 0.1) is 6.20 Å². The zero-order valence-electron chi connectivity index (χ0n) is 10.4. The van der Waals surface area contributed by atoms with Gasteiger partial charge in [0.25, 0.3) is 0 Å². The van der Waals surface area contributed by atoms with Gasteiger partial charge in [-0.05, 0) is 36.9 Å². The largest absolute Gasteiger partial charge is 0.312 e. The number of thioether (sulfide) groups is 1. The molecular weight excluding hydrogens is 283 g/mol. The summed E-state index contributed by atoms with van der Waals surface area (Å²) in [4.78, 5) is 4.97. The summed E-state index contributed by atoms with van der Waals surface area (Å²) in [6.45, 7) is 0. The molecule has 0 radical (unpaired) electrons. The number of pyridine rings is 1. The molecule has 2 nitrogen and oxygen atoms in total. The molecule has 1 atom stereocenters. The first-order chi connectivity index (χ1) is 9.19. The fraction of sp³-hybridized carbons (Fsp3) is 0.214. The van der Waals surface area contributed by atoms with Crippen LogP contribution in [0.15, 0.2) is 47.6 Å². The average molecular weight is 297 g/mol. The zero-order valence-corrected chi connectivity index (χ0v) is 12.0. The Morgan fingerprint density at radius 2 is 2.21 bits per heavy atom. The third-order valence-corrected chi connectivity index (χ3v) is 4.01. The molecule has 0 saturated carbocycles. The van der Waals surface area contributed by atoms with Gasteiger partial charge in [-0.15, -0.1) is 11.8 Å². The van der Waals surface area contributed by atoms with Gasteiger partial charge in [0.2, 0.25) is 0 Å². The third kappa shape index (κ3) is 4.20. The molecular formula is C14H14ClFN2S. The highest BCUT2D eigenvalue weighted by atomic mass is 35.5. The van der Waals surface area contributed by atoms with E-state index in [1.165, 1.54) is 12.3 Å². The van der Waals surface area contributed by atoms with Crippen LogP contribution in [0.1, 0.15) is 11.6 Å². The fourth-order valence-corrected chi connectivity index (χ4v) is 3.06. The number of hydrogen-bond donors (Lipinski definition) is 1. The van der Waals surface area contributed by atoms with Crippen LogP contribution in [0.4, 0.5) is 4.39 Å². The summed E-state index contributed by atoms with van der Waals surface area (Å²) in [5, 5.41) is 3.89. The highest BCUT2D eigenvalue weighted by molar-refractivity contribution is 7.99. The Kier molecular flexibility index (Phi) is 5.19. The Morgan fingerprint density at radius 3 is 2.89 bits per heavy atom. The van der Waals surface area contributed by atoms with Gasteiger partial charge in [0.1, 0.15) is 5.82 Å². The molecule has 2 aromatic rings. The molecule has 0 aliphatic carbocycles. The molecule has 0 amide bonds. The Morgan fingerprint density at radius 1 is 1.37 bits per heavy atom. The van der Waals surface area contributed by atoms with Gasteiger partial charge in [-0.2, -0.15) is 0 Å². The lowest BCUT2D eigenvalue weighted by atomic mass is 10.1. The number of nitrogens with one attached hydrogen (secondary N) is 1. The van der Waals surface area contributed by atoms with E-state index in [1.807, 2.05) is 31.3 Å². The normalized spacial score (nSPS) is 12.4. The van der Waals surface area contributed by atoms with Crippen molar-refractivity contribution >= 4 is 23.4 Å². The van der Waals surface area contributed by atoms with Crippen LogP contribution < -0.4 is 5.32 Å². The van der Waals surface area contributed by atoms with Crippen LogP contribution in [0.5, 0.6) is 0 Å². The SMILES string of the molecule is CNC(CSc1cccc(Cl)c1)c1cncc(F)c1. The van der Waals surface area contributed by atoms with Crippen molar-refractivity contribution in [3.05, 3.63) is 59.1 Å². The summed E-state index contributed by atoms with van der Waals surface area (Å²) in [6, 6.07) is 9.25. The number of benzene rings is 1. The molecule has 1 aromatic carbocycles. The molecule has 1 N–H and O–H groups in total. The highest BCUT2D eigenvalue weighted by Gasteiger charge is 2.11. The van der Waals surface area contributed by atoms with Crippen molar-refractivity contribution in [2.24, 2.45) is 0 Å². The number of aromatic nitrogens is 1. The van der Waals surface area contributed by atoms with Gasteiger partial charge < -0.3 is 5.32 Å². The maximum atomic E-state index is 13.2. The van der Waals surface area contributed by atoms with E-state index in [-0.39, 0.29) is 11.9 Å². The quantitative estimate of drug-likeness (QED) is 0.846. The minimum absolute atomic E-state index is 0.0483. The topological polar surface area (TPSA) is 24.9 Å². The molecule has 5 heteroatoms. The Bertz CT molecular complexity index is 550. The van der Waals surface area contributed by atoms with E-state index in [9.17, 15) is 4.39 Å². The molecule has 1 heterocycles. The summed E-state index contributed by atoms with van der Waals surface area (Å²) >= 11 is 7.61. The fourth-order valence-electron chi connectivity index (χ4n) is 1.70. The lowest BCUT2D eigenvalue weighted by molar-refractivity contribution is 0.603. The minimum atomic E-state index is -0.314. The predicted molar refractivity (Wildman–Crippen MR) is 78.2 cm³/mol. The second kappa shape index (κ2) is 6.89. The van der Waals surface area contributed by atoms with Crippen molar-refractivity contribution in [1.82, 2.24) is 10.3 Å². The molecule has 19 heavy (non-hydrogen) atoms. The molecule has 0 aliphatic rings. The molecule has 1 unspecified atom stereocenters. The van der Waals surface area contributed by atoms with E-state index < -0.39 is 0 Å². The molecule has 1 aromatic heterocycles. The van der Waals surface area contributed by atoms with E-state index in [0.717, 1.165) is 21.2 Å². The third-order valence-electron chi connectivity index (χ3n) is 2.69. The van der Waals surface area contributed by atoms with Crippen LogP contribution in [0.3, 0.4) is 0 Å². The van der Waals surface area contributed by atoms with E-state index in [4.69, 9.17) is 11.6 Å². The average Bonchev–Trinajstić information content (AvgIpc) is 2.40. The van der Waals surface area contributed by atoms with Crippen molar-refractivity contribution in [1.29, 1.82) is 0 Å². The summed E-state index contributed by atoms with van der Waals surface area (Å²) in [6.07, 6.45) is 2.89. The lowest BCUT2D eigenvalue weighted by Crippen LogP contribution is -2.19. The first-order valence-electron chi connectivity index (χ1n) is 5.85. The lowest BCUT2D eigenvalue weighted by Gasteiger charge is -2.16. The van der Waals surface area contributed by atoms with Crippen molar-refractivity contribution in [3.8, 4) is 0 Å². The van der Waals surface area contributed by atoms with Crippen LogP contribution in [-0.2, 0) is 0 Å². The van der Waals surface area contributed by atoms with Gasteiger partial charge in [-0.3, -0.25) is 4.98 Å². The number of halogens is 2. The maximum absolute atomic E-state index is 13.2. The second-order valence-corrected chi connectivity index (χ2v) is 5.58. The molecule has 0 aliphatic heterocycles. The first-order valence-corrected chi connectivity index (χ1v) is 7.21. The van der Waals surface area contributed by atoms with E-state index >= 15 is 0 Å². The van der Waals surface area contributed by atoms with Crippen LogP contribution in [0, 0.1) is 5.82 Å². The Labute approximate surface area is 121 Å². The summed E-state index contributed by atoms with van der Waals surface area (Å²) in [5.41, 5.74) is 0.844. The molecule has 0 fully saturated rings. The molecule has 2 rings (SSSR count). The molecule has 0 saturated heterocycles. The first kappa shape index (κ1) is 14.3. The van der Waals surface area contributed by atoms with Crippen LogP contribution >= 0.6 is 23.4 Å². The number of hydrogen-bond acceptors (Lipinski definition) is 3. The molecule has 100 valence electrons. The highest BCUT2D eigenvalue weighted by Crippen LogP contribution is 2.26. The van der Waals surface area contributed by atoms with Gasteiger partial charge in [0, 0.05) is 27.9 Å². The second-order valence-electron chi connectivity index (χ2n) is 4.05. The number of rotatable bonds is 5. The standard InChI is InChI=1S/C14H14ClFN2S/c1-17-14(10-5-12(16)8-18-7-10)9-19-13-4-2-3-11(15)6-13/h2-8,14,17H,9H2,1H3. The van der Waals surface area contributed by atoms with Crippen molar-refractivity contribution in [2.45, 2.75) is 10.9 Å². The summed E-state index contributed by atoms with van der Waals surface area (Å²) < 4.78 is 13.2. The monoisotopic (exact) mass is 296 g/mol. The van der Waals surface area contributed by atoms with Crippen molar-refractivity contribution < 1.29 is 4.39 Å². The van der Waals surface area contributed by atoms with E-state index in [2.05, 4.69) is 10.3 Å². The molecule has 0 spiro atoms. The van der Waals surface area contributed by atoms with E-state index in [1.54, 1.807) is 18.0 Å². The number of nitrogens with zero attached hydrogens (tertiary/aromatic N) is 1. The van der Waals surface area contributed by atoms with Gasteiger partial charge >= 0.3 is 0 Å². The Balaban J connectivity index is 2.04. The van der Waals surface area contributed by atoms with Crippen LogP contribution in [-0.4, -0.2) is 17.8 Å². The van der Waals surface area contributed by atoms with Crippen LogP contribution in [0.2, 0.25) is 5.02 Å². The van der Waals surface area contributed by atoms with Gasteiger partial charge in [-0.1, -0.05) is 17.7 Å². The Hall–Kier alpha value is -1.10. The summed E-state index contributed by atoms with van der Waals surface area (Å²) in [5.74, 6) is 0.465.